The van der Waals surface area contributed by atoms with E-state index in [-0.39, 0.29) is 22.6 Å². The largest absolute Gasteiger partial charge is 0.369 e. The lowest BCUT2D eigenvalue weighted by molar-refractivity contribution is -0.122. The molecule has 4 amide bonds. The highest BCUT2D eigenvalue weighted by Gasteiger charge is 2.38. The van der Waals surface area contributed by atoms with Gasteiger partial charge < -0.3 is 4.90 Å². The van der Waals surface area contributed by atoms with Crippen LogP contribution in [-0.4, -0.2) is 30.4 Å². The first-order valence-electron chi connectivity index (χ1n) is 10.2. The Labute approximate surface area is 194 Å². The van der Waals surface area contributed by atoms with Crippen molar-refractivity contribution in [2.75, 3.05) is 16.8 Å². The molecule has 0 aliphatic carbocycles. The van der Waals surface area contributed by atoms with Gasteiger partial charge in [0, 0.05) is 28.3 Å². The van der Waals surface area contributed by atoms with Crippen LogP contribution in [0.1, 0.15) is 44.2 Å². The number of benzene rings is 2. The highest BCUT2D eigenvalue weighted by molar-refractivity contribution is 9.10. The molecule has 1 fully saturated rings. The summed E-state index contributed by atoms with van der Waals surface area (Å²) in [5.41, 5.74) is 1.75. The topological polar surface area (TPSA) is 69.7 Å². The molecule has 2 aromatic carbocycles. The Morgan fingerprint density at radius 3 is 2.47 bits per heavy atom. The molecule has 1 N–H and O–H groups in total. The van der Waals surface area contributed by atoms with Gasteiger partial charge >= 0.3 is 6.03 Å². The number of hydrogen-bond acceptors (Lipinski definition) is 4. The minimum atomic E-state index is -0.850. The highest BCUT2D eigenvalue weighted by Crippen LogP contribution is 2.43. The number of urea groups is 1. The number of carbonyl (C=O) groups is 3. The first kappa shape index (κ1) is 22.2. The normalized spacial score (nSPS) is 21.6. The molecular weight excluding hydrogens is 477 g/mol. The molecule has 2 heterocycles. The van der Waals surface area contributed by atoms with E-state index in [4.69, 9.17) is 0 Å². The molecule has 4 rings (SSSR count). The number of rotatable bonds is 2. The maximum Gasteiger partial charge on any atom is 0.335 e. The average molecular weight is 500 g/mol. The van der Waals surface area contributed by atoms with Crippen molar-refractivity contribution in [3.63, 3.8) is 0 Å². The fraction of sp³-hybridized carbons (Fsp3) is 0.292. The molecule has 0 spiro atoms. The average Bonchev–Trinajstić information content (AvgIpc) is 2.71. The number of carbonyl (C=O) groups excluding carboxylic acids is 3. The first-order valence-corrected chi connectivity index (χ1v) is 11.0. The number of hydrogen-bond donors (Lipinski definition) is 1. The predicted molar refractivity (Wildman–Crippen MR) is 125 cm³/mol. The lowest BCUT2D eigenvalue weighted by atomic mass is 9.80. The van der Waals surface area contributed by atoms with E-state index < -0.39 is 23.7 Å². The predicted octanol–water partition coefficient (Wildman–Crippen LogP) is 4.98. The number of nitrogens with zero attached hydrogens (tertiary/aromatic N) is 2. The Morgan fingerprint density at radius 1 is 1.16 bits per heavy atom. The van der Waals surface area contributed by atoms with Gasteiger partial charge in [-0.2, -0.15) is 0 Å². The molecule has 2 aromatic rings. The van der Waals surface area contributed by atoms with Crippen LogP contribution in [-0.2, 0) is 9.59 Å². The number of amides is 4. The summed E-state index contributed by atoms with van der Waals surface area (Å²) in [6, 6.07) is 8.80. The minimum absolute atomic E-state index is 0.121. The van der Waals surface area contributed by atoms with E-state index in [1.807, 2.05) is 7.05 Å². The second kappa shape index (κ2) is 7.85. The van der Waals surface area contributed by atoms with Crippen LogP contribution in [0.5, 0.6) is 0 Å². The maximum atomic E-state index is 15.1. The van der Waals surface area contributed by atoms with Gasteiger partial charge in [0.1, 0.15) is 11.4 Å². The van der Waals surface area contributed by atoms with E-state index in [2.05, 4.69) is 46.9 Å². The minimum Gasteiger partial charge on any atom is -0.369 e. The Bertz CT molecular complexity index is 1170. The Balaban J connectivity index is 1.77. The van der Waals surface area contributed by atoms with Crippen LogP contribution in [0.2, 0.25) is 0 Å². The number of nitrogens with one attached hydrogen (secondary N) is 1. The van der Waals surface area contributed by atoms with Crippen LogP contribution in [0.15, 0.2) is 46.4 Å². The smallest absolute Gasteiger partial charge is 0.335 e. The molecule has 2 aliphatic rings. The number of barbiturate groups is 1. The second-order valence-corrected chi connectivity index (χ2v) is 9.76. The van der Waals surface area contributed by atoms with Crippen LogP contribution in [0, 0.1) is 5.82 Å². The third-order valence-corrected chi connectivity index (χ3v) is 6.77. The van der Waals surface area contributed by atoms with Crippen molar-refractivity contribution < 1.29 is 18.8 Å². The van der Waals surface area contributed by atoms with Crippen molar-refractivity contribution >= 4 is 51.2 Å². The van der Waals surface area contributed by atoms with Crippen LogP contribution in [0.4, 0.5) is 20.6 Å². The molecule has 166 valence electrons. The van der Waals surface area contributed by atoms with E-state index in [1.54, 1.807) is 30.3 Å². The van der Waals surface area contributed by atoms with Gasteiger partial charge in [-0.15, -0.1) is 0 Å². The molecule has 6 nitrogen and oxygen atoms in total. The van der Waals surface area contributed by atoms with Crippen molar-refractivity contribution in [2.45, 2.75) is 38.6 Å². The van der Waals surface area contributed by atoms with Gasteiger partial charge in [0.25, 0.3) is 11.8 Å². The van der Waals surface area contributed by atoms with Crippen molar-refractivity contribution in [2.24, 2.45) is 0 Å². The Morgan fingerprint density at radius 2 is 1.81 bits per heavy atom. The molecule has 1 unspecified atom stereocenters. The van der Waals surface area contributed by atoms with Crippen molar-refractivity contribution in [1.82, 2.24) is 5.32 Å². The summed E-state index contributed by atoms with van der Waals surface area (Å²) in [4.78, 5) is 40.8. The van der Waals surface area contributed by atoms with Crippen LogP contribution >= 0.6 is 15.9 Å². The van der Waals surface area contributed by atoms with Gasteiger partial charge in [0.15, 0.2) is 0 Å². The van der Waals surface area contributed by atoms with Crippen LogP contribution < -0.4 is 15.1 Å². The first-order chi connectivity index (χ1) is 15.0. The lowest BCUT2D eigenvalue weighted by Gasteiger charge is -2.45. The lowest BCUT2D eigenvalue weighted by Crippen LogP contribution is -2.54. The van der Waals surface area contributed by atoms with Crippen LogP contribution in [0.25, 0.3) is 6.08 Å². The Hall–Kier alpha value is -3.00. The fourth-order valence-corrected chi connectivity index (χ4v) is 4.62. The zero-order valence-corrected chi connectivity index (χ0v) is 19.8. The van der Waals surface area contributed by atoms with Gasteiger partial charge in [-0.1, -0.05) is 22.9 Å². The maximum absolute atomic E-state index is 15.1. The van der Waals surface area contributed by atoms with Gasteiger partial charge in [-0.25, -0.2) is 14.1 Å². The number of anilines is 2. The van der Waals surface area contributed by atoms with Gasteiger partial charge in [-0.05, 0) is 74.2 Å². The summed E-state index contributed by atoms with van der Waals surface area (Å²) >= 11 is 3.30. The SMILES string of the molecule is CC1CC(C)(C)N(C)c2cc(F)c(/C=C3/C(=O)NC(=O)N(c4ccc(Br)cc4)C3=O)cc21. The third-order valence-electron chi connectivity index (χ3n) is 6.24. The summed E-state index contributed by atoms with van der Waals surface area (Å²) in [5, 5.41) is 2.17. The number of halogens is 2. The molecule has 2 aliphatic heterocycles. The third kappa shape index (κ3) is 3.72. The molecule has 0 saturated carbocycles. The molecule has 1 saturated heterocycles. The molecule has 0 bridgehead atoms. The number of fused-ring (bicyclic) bond motifs is 1. The van der Waals surface area contributed by atoms with Gasteiger partial charge in [-0.3, -0.25) is 14.9 Å². The summed E-state index contributed by atoms with van der Waals surface area (Å²) in [5.74, 6) is -2.02. The summed E-state index contributed by atoms with van der Waals surface area (Å²) in [7, 11) is 1.93. The second-order valence-electron chi connectivity index (χ2n) is 8.84. The van der Waals surface area contributed by atoms with Crippen LogP contribution in [0.3, 0.4) is 0 Å². The summed E-state index contributed by atoms with van der Waals surface area (Å²) in [6.45, 7) is 6.30. The van der Waals surface area contributed by atoms with Gasteiger partial charge in [0.05, 0.1) is 5.69 Å². The molecule has 32 heavy (non-hydrogen) atoms. The van der Waals surface area contributed by atoms with Crippen molar-refractivity contribution in [3.8, 4) is 0 Å². The van der Waals surface area contributed by atoms with E-state index in [0.717, 1.165) is 27.0 Å². The monoisotopic (exact) mass is 499 g/mol. The highest BCUT2D eigenvalue weighted by atomic mass is 79.9. The fourth-order valence-electron chi connectivity index (χ4n) is 4.35. The molecule has 0 radical (unpaired) electrons. The van der Waals surface area contributed by atoms with Crippen molar-refractivity contribution in [1.29, 1.82) is 0 Å². The van der Waals surface area contributed by atoms with E-state index >= 15 is 4.39 Å². The standard InChI is InChI=1S/C24H23BrFN3O3/c1-13-12-24(2,3)28(4)20-11-19(26)14(9-17(13)20)10-18-21(30)27-23(32)29(22(18)31)16-7-5-15(25)6-8-16/h5-11,13H,12H2,1-4H3,(H,27,30,32)/b18-10-. The molecule has 8 heteroatoms. The van der Waals surface area contributed by atoms with E-state index in [0.29, 0.717) is 5.69 Å². The van der Waals surface area contributed by atoms with E-state index in [1.165, 1.54) is 12.1 Å². The Kier molecular flexibility index (Phi) is 5.45. The quantitative estimate of drug-likeness (QED) is 0.467. The molecule has 1 atom stereocenters. The summed E-state index contributed by atoms with van der Waals surface area (Å²) in [6.07, 6.45) is 2.10. The zero-order valence-electron chi connectivity index (χ0n) is 18.2. The van der Waals surface area contributed by atoms with E-state index in [9.17, 15) is 14.4 Å². The van der Waals surface area contributed by atoms with Crippen molar-refractivity contribution in [3.05, 3.63) is 63.4 Å². The molecular formula is C24H23BrFN3O3. The zero-order chi connectivity index (χ0) is 23.4. The van der Waals surface area contributed by atoms with Gasteiger partial charge in [0.2, 0.25) is 0 Å². The number of imide groups is 2. The summed E-state index contributed by atoms with van der Waals surface area (Å²) < 4.78 is 15.9. The molecule has 0 aromatic heterocycles.